The second-order valence-corrected chi connectivity index (χ2v) is 9.66. The van der Waals surface area contributed by atoms with Crippen LogP contribution in [0.2, 0.25) is 0 Å². The third-order valence-corrected chi connectivity index (χ3v) is 6.56. The Labute approximate surface area is 205 Å². The first-order valence-electron chi connectivity index (χ1n) is 10.2. The van der Waals surface area contributed by atoms with Crippen LogP contribution in [-0.2, 0) is 17.5 Å². The van der Waals surface area contributed by atoms with Gasteiger partial charge < -0.3 is 34.6 Å². The van der Waals surface area contributed by atoms with E-state index in [1.165, 1.54) is 22.3 Å². The predicted molar refractivity (Wildman–Crippen MR) is 119 cm³/mol. The molecule has 0 radical (unpaired) electrons. The summed E-state index contributed by atoms with van der Waals surface area (Å²) in [6.45, 7) is 0.293. The average Bonchev–Trinajstić information content (AvgIpc) is 3.15. The van der Waals surface area contributed by atoms with Gasteiger partial charge in [-0.05, 0) is 45.9 Å². The lowest BCUT2D eigenvalue weighted by Crippen LogP contribution is -3.00. The van der Waals surface area contributed by atoms with Gasteiger partial charge in [-0.3, -0.25) is 4.57 Å². The molecule has 170 valence electrons. The molecular formula is C25H23Cl2N2O3P. The van der Waals surface area contributed by atoms with Crippen LogP contribution in [0.5, 0.6) is 0 Å². The summed E-state index contributed by atoms with van der Waals surface area (Å²) >= 11 is 0. The Balaban J connectivity index is 0.00000153. The van der Waals surface area contributed by atoms with E-state index < -0.39 is 7.60 Å². The number of hydrogen-bond donors (Lipinski definition) is 2. The first-order chi connectivity index (χ1) is 15.0. The number of aryl methyl sites for hydroxylation is 1. The number of benzene rings is 2. The summed E-state index contributed by atoms with van der Waals surface area (Å²) < 4.78 is 14.9. The minimum atomic E-state index is -3.98. The average molecular weight is 501 g/mol. The lowest BCUT2D eigenvalue weighted by molar-refractivity contribution is -0.692. The maximum absolute atomic E-state index is 11.0. The van der Waals surface area contributed by atoms with Crippen LogP contribution < -0.4 is 33.9 Å². The number of halogens is 2. The fourth-order valence-corrected chi connectivity index (χ4v) is 4.62. The van der Waals surface area contributed by atoms with E-state index in [0.29, 0.717) is 6.54 Å². The van der Waals surface area contributed by atoms with Gasteiger partial charge in [-0.15, -0.1) is 0 Å². The van der Waals surface area contributed by atoms with Crippen molar-refractivity contribution in [1.29, 1.82) is 0 Å². The number of hydrogen-bond acceptors (Lipinski definition) is 1. The molecular weight excluding hydrogens is 478 g/mol. The van der Waals surface area contributed by atoms with Gasteiger partial charge in [0.1, 0.15) is 6.16 Å². The van der Waals surface area contributed by atoms with E-state index in [4.69, 9.17) is 9.79 Å². The molecule has 0 saturated heterocycles. The summed E-state index contributed by atoms with van der Waals surface area (Å²) in [6.07, 6.45) is 8.65. The number of fused-ring (bicyclic) bond motifs is 3. The molecule has 33 heavy (non-hydrogen) atoms. The highest BCUT2D eigenvalue weighted by Crippen LogP contribution is 2.36. The fourth-order valence-electron chi connectivity index (χ4n) is 4.13. The van der Waals surface area contributed by atoms with Crippen LogP contribution in [0.1, 0.15) is 11.1 Å². The van der Waals surface area contributed by atoms with Crippen LogP contribution in [0.3, 0.4) is 0 Å². The Morgan fingerprint density at radius 3 is 2.03 bits per heavy atom. The quantitative estimate of drug-likeness (QED) is 0.210. The molecule has 1 aliphatic rings. The number of aromatic nitrogens is 2. The molecule has 0 saturated carbocycles. The lowest BCUT2D eigenvalue weighted by Gasteiger charge is -2.04. The second kappa shape index (κ2) is 10.2. The molecule has 0 spiro atoms. The predicted octanol–water partition coefficient (Wildman–Crippen LogP) is -2.33. The van der Waals surface area contributed by atoms with Gasteiger partial charge in [-0.1, -0.05) is 24.3 Å². The fraction of sp³-hybridized carbons (Fsp3) is 0.120. The highest BCUT2D eigenvalue weighted by Gasteiger charge is 2.20. The molecule has 8 heteroatoms. The van der Waals surface area contributed by atoms with E-state index in [0.717, 1.165) is 23.2 Å². The molecule has 1 aliphatic carbocycles. The van der Waals surface area contributed by atoms with Crippen molar-refractivity contribution in [2.75, 3.05) is 6.16 Å². The van der Waals surface area contributed by atoms with Crippen molar-refractivity contribution in [2.24, 2.45) is 0 Å². The molecule has 5 nitrogen and oxygen atoms in total. The van der Waals surface area contributed by atoms with Crippen LogP contribution in [0, 0.1) is 0 Å². The van der Waals surface area contributed by atoms with Crippen LogP contribution in [0.25, 0.3) is 27.9 Å². The Morgan fingerprint density at radius 2 is 1.36 bits per heavy atom. The van der Waals surface area contributed by atoms with Crippen molar-refractivity contribution in [3.05, 3.63) is 103 Å². The molecule has 0 atom stereocenters. The smallest absolute Gasteiger partial charge is 0.331 e. The number of rotatable bonds is 5. The van der Waals surface area contributed by atoms with Gasteiger partial charge >= 0.3 is 7.60 Å². The Bertz CT molecular complexity index is 1310. The zero-order valence-corrected chi connectivity index (χ0v) is 20.1. The van der Waals surface area contributed by atoms with Crippen molar-refractivity contribution >= 4 is 7.60 Å². The van der Waals surface area contributed by atoms with Crippen molar-refractivity contribution in [2.45, 2.75) is 13.0 Å². The van der Waals surface area contributed by atoms with Gasteiger partial charge in [0.15, 0.2) is 31.3 Å². The third-order valence-electron chi connectivity index (χ3n) is 5.78. The van der Waals surface area contributed by atoms with Gasteiger partial charge in [0.2, 0.25) is 5.69 Å². The van der Waals surface area contributed by atoms with E-state index in [1.807, 2.05) is 24.5 Å². The summed E-state index contributed by atoms with van der Waals surface area (Å²) in [7, 11) is -3.98. The molecule has 2 aromatic carbocycles. The van der Waals surface area contributed by atoms with Crippen LogP contribution in [0.4, 0.5) is 0 Å². The van der Waals surface area contributed by atoms with Crippen LogP contribution >= 0.6 is 7.60 Å². The molecule has 0 unspecified atom stereocenters. The standard InChI is InChI=1S/C25H21N2O3P.2ClH/c28-31(29,30)16-15-26-11-7-19(8-12-26)20-9-13-27(14-10-20)23-5-6-25-22(18-23)17-21-3-1-2-4-24(21)25;;/h1-14,18H,15-17H2;2*1H. The zero-order valence-electron chi connectivity index (χ0n) is 17.7. The molecule has 0 aliphatic heterocycles. The van der Waals surface area contributed by atoms with Gasteiger partial charge in [-0.25, -0.2) is 4.57 Å². The molecule has 5 rings (SSSR count). The topological polar surface area (TPSA) is 65.3 Å². The summed E-state index contributed by atoms with van der Waals surface area (Å²) in [5, 5.41) is 0. The van der Waals surface area contributed by atoms with Gasteiger partial charge in [0, 0.05) is 36.4 Å². The van der Waals surface area contributed by atoms with E-state index in [9.17, 15) is 4.57 Å². The minimum absolute atomic E-state index is 0. The van der Waals surface area contributed by atoms with Gasteiger partial charge in [0.05, 0.1) is 0 Å². The second-order valence-electron chi connectivity index (χ2n) is 7.88. The van der Waals surface area contributed by atoms with Gasteiger partial charge in [0.25, 0.3) is 0 Å². The van der Waals surface area contributed by atoms with Gasteiger partial charge in [-0.2, -0.15) is 4.57 Å². The van der Waals surface area contributed by atoms with E-state index in [-0.39, 0.29) is 31.0 Å². The summed E-state index contributed by atoms with van der Waals surface area (Å²) in [5.41, 5.74) is 8.70. The number of nitrogens with zero attached hydrogens (tertiary/aromatic N) is 2. The Kier molecular flexibility index (Phi) is 7.73. The molecule has 2 aromatic heterocycles. The van der Waals surface area contributed by atoms with E-state index in [2.05, 4.69) is 71.6 Å². The monoisotopic (exact) mass is 500 g/mol. The summed E-state index contributed by atoms with van der Waals surface area (Å²) in [6, 6.07) is 23.3. The summed E-state index contributed by atoms with van der Waals surface area (Å²) in [4.78, 5) is 18.0. The number of pyridine rings is 2. The zero-order chi connectivity index (χ0) is 21.4. The molecule has 4 aromatic rings. The lowest BCUT2D eigenvalue weighted by atomic mass is 10.1. The van der Waals surface area contributed by atoms with Crippen LogP contribution in [0.15, 0.2) is 91.5 Å². The molecule has 0 fully saturated rings. The van der Waals surface area contributed by atoms with Crippen LogP contribution in [-0.4, -0.2) is 15.9 Å². The largest absolute Gasteiger partial charge is 1.00 e. The Morgan fingerprint density at radius 1 is 0.758 bits per heavy atom. The minimum Gasteiger partial charge on any atom is -1.00 e. The first kappa shape index (κ1) is 25.1. The van der Waals surface area contributed by atoms with E-state index in [1.54, 1.807) is 4.57 Å². The molecule has 0 bridgehead atoms. The molecule has 2 N–H and O–H groups in total. The maximum atomic E-state index is 11.0. The maximum Gasteiger partial charge on any atom is 0.331 e. The van der Waals surface area contributed by atoms with E-state index >= 15 is 0 Å². The normalized spacial score (nSPS) is 11.7. The third kappa shape index (κ3) is 5.52. The first-order valence-corrected chi connectivity index (χ1v) is 12.0. The highest BCUT2D eigenvalue weighted by molar-refractivity contribution is 7.51. The Hall–Kier alpha value is -2.53. The SMILES string of the molecule is O=P(O)(O)CC[n+]1ccc(-c2cc[n+](-c3ccc4c(c3)Cc3ccccc3-4)cc2)cc1.[Cl-].[Cl-]. The van der Waals surface area contributed by atoms with Crippen molar-refractivity contribution < 1.29 is 48.3 Å². The highest BCUT2D eigenvalue weighted by atomic mass is 35.5. The van der Waals surface area contributed by atoms with Crippen molar-refractivity contribution in [3.8, 4) is 27.9 Å². The van der Waals surface area contributed by atoms with Crippen molar-refractivity contribution in [3.63, 3.8) is 0 Å². The molecule has 2 heterocycles. The van der Waals surface area contributed by atoms with Crippen molar-refractivity contribution in [1.82, 2.24) is 0 Å². The molecule has 0 amide bonds. The summed E-state index contributed by atoms with van der Waals surface area (Å²) in [5.74, 6) is 0.